The van der Waals surface area contributed by atoms with Crippen LogP contribution in [0.2, 0.25) is 5.02 Å². The van der Waals surface area contributed by atoms with E-state index in [1.54, 1.807) is 7.11 Å². The Kier molecular flexibility index (Phi) is 6.24. The lowest BCUT2D eigenvalue weighted by Crippen LogP contribution is -2.04. The van der Waals surface area contributed by atoms with Crippen LogP contribution in [0.4, 0.5) is 5.82 Å². The number of aromatic nitrogens is 3. The Morgan fingerprint density at radius 1 is 1.00 bits per heavy atom. The highest BCUT2D eigenvalue weighted by Gasteiger charge is 2.21. The smallest absolute Gasteiger partial charge is 0.158 e. The summed E-state index contributed by atoms with van der Waals surface area (Å²) in [7, 11) is 1.68. The Hall–Kier alpha value is -3.25. The van der Waals surface area contributed by atoms with Gasteiger partial charge in [0.2, 0.25) is 0 Å². The van der Waals surface area contributed by atoms with Crippen LogP contribution in [-0.4, -0.2) is 28.5 Å². The predicted octanol–water partition coefficient (Wildman–Crippen LogP) is 6.02. The van der Waals surface area contributed by atoms with E-state index in [1.807, 2.05) is 56.3 Å². The first-order chi connectivity index (χ1) is 15.4. The average Bonchev–Trinajstić information content (AvgIpc) is 3.05. The lowest BCUT2D eigenvalue weighted by molar-refractivity contribution is 0.336. The van der Waals surface area contributed by atoms with Crippen LogP contribution in [-0.2, 0) is 6.54 Å². The van der Waals surface area contributed by atoms with Crippen molar-refractivity contribution in [1.29, 1.82) is 0 Å². The third-order valence-corrected chi connectivity index (χ3v) is 5.83. The molecule has 0 atom stereocenters. The largest absolute Gasteiger partial charge is 0.494 e. The average molecular weight is 451 g/mol. The number of ether oxygens (including phenoxy) is 2. The fraction of sp³-hybridized carbons (Fsp3) is 0.280. The molecule has 0 fully saturated rings. The molecule has 7 heteroatoms. The minimum Gasteiger partial charge on any atom is -0.494 e. The van der Waals surface area contributed by atoms with Gasteiger partial charge in [0.15, 0.2) is 5.82 Å². The van der Waals surface area contributed by atoms with Crippen LogP contribution in [0.1, 0.15) is 29.6 Å². The van der Waals surface area contributed by atoms with Crippen LogP contribution < -0.4 is 14.8 Å². The summed E-state index contributed by atoms with van der Waals surface area (Å²) in [6, 6.07) is 13.7. The number of hydrogen-bond acceptors (Lipinski definition) is 5. The molecule has 0 spiro atoms. The SMILES string of the molecule is CCOc1ccc(-n2c(C)c3c(C)nnc(NCc4cccc(Cl)c4)c3c2C)c(OC)c1. The van der Waals surface area contributed by atoms with Gasteiger partial charge in [-0.1, -0.05) is 23.7 Å². The van der Waals surface area contributed by atoms with Crippen molar-refractivity contribution in [3.63, 3.8) is 0 Å². The standard InChI is InChI=1S/C25H27ClN4O2/c1-6-32-20-10-11-21(22(13-20)31-5)30-16(3)23-15(2)28-29-25(24(23)17(30)4)27-14-18-8-7-9-19(26)12-18/h7-13H,6,14H2,1-5H3,(H,27,29). The highest BCUT2D eigenvalue weighted by Crippen LogP contribution is 2.37. The molecule has 0 aliphatic heterocycles. The number of nitrogens with zero attached hydrogens (tertiary/aromatic N) is 3. The first-order valence-corrected chi connectivity index (χ1v) is 11.0. The summed E-state index contributed by atoms with van der Waals surface area (Å²) in [6.45, 7) is 9.35. The van der Waals surface area contributed by atoms with Gasteiger partial charge in [-0.2, -0.15) is 5.10 Å². The third-order valence-electron chi connectivity index (χ3n) is 5.60. The number of halogens is 1. The summed E-state index contributed by atoms with van der Waals surface area (Å²) in [5.74, 6) is 2.27. The number of methoxy groups -OCH3 is 1. The van der Waals surface area contributed by atoms with Crippen molar-refractivity contribution in [2.45, 2.75) is 34.2 Å². The second kappa shape index (κ2) is 9.09. The summed E-state index contributed by atoms with van der Waals surface area (Å²) in [5.41, 5.74) is 5.06. The maximum absolute atomic E-state index is 6.14. The maximum atomic E-state index is 6.14. The van der Waals surface area contributed by atoms with Gasteiger partial charge < -0.3 is 19.4 Å². The van der Waals surface area contributed by atoms with Crippen molar-refractivity contribution >= 4 is 28.2 Å². The molecule has 1 N–H and O–H groups in total. The van der Waals surface area contributed by atoms with Crippen LogP contribution in [0.5, 0.6) is 11.5 Å². The van der Waals surface area contributed by atoms with E-state index in [0.29, 0.717) is 18.2 Å². The van der Waals surface area contributed by atoms with E-state index in [-0.39, 0.29) is 0 Å². The molecule has 0 saturated heterocycles. The van der Waals surface area contributed by atoms with Gasteiger partial charge in [-0.3, -0.25) is 0 Å². The van der Waals surface area contributed by atoms with Gasteiger partial charge in [0.25, 0.3) is 0 Å². The molecule has 0 amide bonds. The number of hydrogen-bond donors (Lipinski definition) is 1. The van der Waals surface area contributed by atoms with Crippen LogP contribution >= 0.6 is 11.6 Å². The topological polar surface area (TPSA) is 61.2 Å². The molecular weight excluding hydrogens is 424 g/mol. The van der Waals surface area contributed by atoms with Gasteiger partial charge >= 0.3 is 0 Å². The van der Waals surface area contributed by atoms with Crippen molar-refractivity contribution in [2.75, 3.05) is 19.0 Å². The minimum atomic E-state index is 0.601. The van der Waals surface area contributed by atoms with Crippen molar-refractivity contribution in [2.24, 2.45) is 0 Å². The first-order valence-electron chi connectivity index (χ1n) is 10.6. The number of benzene rings is 2. The van der Waals surface area contributed by atoms with Crippen LogP contribution in [0.15, 0.2) is 42.5 Å². The van der Waals surface area contributed by atoms with Crippen molar-refractivity contribution in [3.05, 3.63) is 70.1 Å². The molecule has 6 nitrogen and oxygen atoms in total. The van der Waals surface area contributed by atoms with E-state index < -0.39 is 0 Å². The van der Waals surface area contributed by atoms with E-state index in [2.05, 4.69) is 33.9 Å². The number of aryl methyl sites for hydroxylation is 3. The first kappa shape index (κ1) is 22.0. The lowest BCUT2D eigenvalue weighted by atomic mass is 10.1. The number of fused-ring (bicyclic) bond motifs is 1. The molecule has 4 aromatic rings. The quantitative estimate of drug-likeness (QED) is 0.373. The highest BCUT2D eigenvalue weighted by molar-refractivity contribution is 6.30. The van der Waals surface area contributed by atoms with E-state index in [1.165, 1.54) is 0 Å². The predicted molar refractivity (Wildman–Crippen MR) is 130 cm³/mol. The van der Waals surface area contributed by atoms with E-state index >= 15 is 0 Å². The molecule has 32 heavy (non-hydrogen) atoms. The Morgan fingerprint density at radius 3 is 2.50 bits per heavy atom. The molecule has 0 aliphatic rings. The minimum absolute atomic E-state index is 0.601. The molecule has 2 aromatic heterocycles. The number of rotatable bonds is 7. The summed E-state index contributed by atoms with van der Waals surface area (Å²) in [6.07, 6.45) is 0. The van der Waals surface area contributed by atoms with Gasteiger partial charge in [0.1, 0.15) is 11.5 Å². The monoisotopic (exact) mass is 450 g/mol. The van der Waals surface area contributed by atoms with Gasteiger partial charge in [-0.05, 0) is 57.5 Å². The number of nitrogens with one attached hydrogen (secondary N) is 1. The third kappa shape index (κ3) is 3.98. The fourth-order valence-electron chi connectivity index (χ4n) is 4.21. The molecule has 0 radical (unpaired) electrons. The molecule has 2 heterocycles. The molecule has 4 rings (SSSR count). The molecule has 2 aromatic carbocycles. The normalized spacial score (nSPS) is 11.1. The molecule has 0 unspecified atom stereocenters. The second-order valence-corrected chi connectivity index (χ2v) is 8.08. The van der Waals surface area contributed by atoms with E-state index in [4.69, 9.17) is 21.1 Å². The van der Waals surface area contributed by atoms with Crippen molar-refractivity contribution in [1.82, 2.24) is 14.8 Å². The van der Waals surface area contributed by atoms with Crippen LogP contribution in [0.25, 0.3) is 16.5 Å². The van der Waals surface area contributed by atoms with Crippen molar-refractivity contribution in [3.8, 4) is 17.2 Å². The zero-order valence-corrected chi connectivity index (χ0v) is 19.7. The summed E-state index contributed by atoms with van der Waals surface area (Å²) in [5, 5.41) is 15.2. The number of anilines is 1. The Bertz CT molecular complexity index is 1280. The van der Waals surface area contributed by atoms with Gasteiger partial charge in [0.05, 0.1) is 25.1 Å². The Morgan fingerprint density at radius 2 is 1.78 bits per heavy atom. The summed E-state index contributed by atoms with van der Waals surface area (Å²) in [4.78, 5) is 0. The molecule has 166 valence electrons. The van der Waals surface area contributed by atoms with Crippen LogP contribution in [0, 0.1) is 20.8 Å². The highest BCUT2D eigenvalue weighted by atomic mass is 35.5. The van der Waals surface area contributed by atoms with E-state index in [0.717, 1.165) is 56.4 Å². The summed E-state index contributed by atoms with van der Waals surface area (Å²) < 4.78 is 13.6. The van der Waals surface area contributed by atoms with E-state index in [9.17, 15) is 0 Å². The summed E-state index contributed by atoms with van der Waals surface area (Å²) >= 11 is 6.14. The second-order valence-electron chi connectivity index (χ2n) is 7.64. The zero-order chi connectivity index (χ0) is 22.8. The molecule has 0 bridgehead atoms. The maximum Gasteiger partial charge on any atom is 0.158 e. The van der Waals surface area contributed by atoms with Gasteiger partial charge in [-0.25, -0.2) is 0 Å². The van der Waals surface area contributed by atoms with Gasteiger partial charge in [0, 0.05) is 39.8 Å². The van der Waals surface area contributed by atoms with Crippen LogP contribution in [0.3, 0.4) is 0 Å². The fourth-order valence-corrected chi connectivity index (χ4v) is 4.42. The zero-order valence-electron chi connectivity index (χ0n) is 19.0. The molecule has 0 aliphatic carbocycles. The van der Waals surface area contributed by atoms with Crippen molar-refractivity contribution < 1.29 is 9.47 Å². The molecular formula is C25H27ClN4O2. The Balaban J connectivity index is 1.82. The lowest BCUT2D eigenvalue weighted by Gasteiger charge is -2.15. The Labute approximate surface area is 193 Å². The van der Waals surface area contributed by atoms with Gasteiger partial charge in [-0.15, -0.1) is 5.10 Å². The molecule has 0 saturated carbocycles.